The molecule has 0 amide bonds. The Labute approximate surface area is 205 Å². The van der Waals surface area contributed by atoms with E-state index in [0.717, 1.165) is 35.3 Å². The average Bonchev–Trinajstić information content (AvgIpc) is 3.25. The molecule has 0 N–H and O–H groups in total. The molecule has 0 bridgehead atoms. The van der Waals surface area contributed by atoms with Crippen molar-refractivity contribution in [3.8, 4) is 28.4 Å². The van der Waals surface area contributed by atoms with Crippen LogP contribution < -0.4 is 15.0 Å². The third-order valence-corrected chi connectivity index (χ3v) is 5.85. The van der Waals surface area contributed by atoms with Gasteiger partial charge in [-0.1, -0.05) is 0 Å². The van der Waals surface area contributed by atoms with Crippen molar-refractivity contribution in [1.82, 2.24) is 19.2 Å². The third kappa shape index (κ3) is 4.19. The van der Waals surface area contributed by atoms with E-state index < -0.39 is 11.6 Å². The largest absolute Gasteiger partial charge is 0.497 e. The molecule has 0 aliphatic carbocycles. The molecule has 7 nitrogen and oxygen atoms in total. The van der Waals surface area contributed by atoms with Crippen LogP contribution in [0.2, 0.25) is 0 Å². The van der Waals surface area contributed by atoms with Crippen LogP contribution in [0.5, 0.6) is 11.5 Å². The lowest BCUT2D eigenvalue weighted by molar-refractivity contribution is 0.300. The molecule has 5 aromatic rings. The van der Waals surface area contributed by atoms with Gasteiger partial charge in [0.2, 0.25) is 0 Å². The average molecular weight is 488 g/mol. The van der Waals surface area contributed by atoms with Gasteiger partial charge in [0.15, 0.2) is 11.4 Å². The maximum Gasteiger partial charge on any atom is 0.267 e. The van der Waals surface area contributed by atoms with Gasteiger partial charge >= 0.3 is 0 Å². The molecule has 0 unspecified atom stereocenters. The summed E-state index contributed by atoms with van der Waals surface area (Å²) in [6, 6.07) is 15.7. The van der Waals surface area contributed by atoms with E-state index in [1.807, 2.05) is 37.3 Å². The van der Waals surface area contributed by atoms with Crippen molar-refractivity contribution < 1.29 is 18.3 Å². The summed E-state index contributed by atoms with van der Waals surface area (Å²) in [7, 11) is 1.60. The summed E-state index contributed by atoms with van der Waals surface area (Å²) in [6.07, 6.45) is 1.58. The normalized spacial score (nSPS) is 11.1. The number of pyridine rings is 1. The van der Waals surface area contributed by atoms with Crippen LogP contribution in [-0.4, -0.2) is 26.3 Å². The number of aryl methyl sites for hydroxylation is 2. The van der Waals surface area contributed by atoms with Crippen LogP contribution in [0.3, 0.4) is 0 Å². The number of methoxy groups -OCH3 is 1. The SMILES string of the molecule is COc1ccc(-n2nc(-c3c(C)nc4c(OCc5cc(F)ccc5F)cccn4c3=O)cc2C)cc1. The minimum Gasteiger partial charge on any atom is -0.497 e. The van der Waals surface area contributed by atoms with Crippen molar-refractivity contribution in [1.29, 1.82) is 0 Å². The lowest BCUT2D eigenvalue weighted by Crippen LogP contribution is -2.19. The summed E-state index contributed by atoms with van der Waals surface area (Å²) >= 11 is 0. The number of hydrogen-bond donors (Lipinski definition) is 0. The minimum atomic E-state index is -0.581. The van der Waals surface area contributed by atoms with Crippen LogP contribution in [0.4, 0.5) is 8.78 Å². The molecule has 36 heavy (non-hydrogen) atoms. The Morgan fingerprint density at radius 3 is 2.53 bits per heavy atom. The highest BCUT2D eigenvalue weighted by Gasteiger charge is 2.18. The number of rotatable bonds is 6. The monoisotopic (exact) mass is 488 g/mol. The van der Waals surface area contributed by atoms with Crippen molar-refractivity contribution in [2.75, 3.05) is 7.11 Å². The second-order valence-corrected chi connectivity index (χ2v) is 8.25. The summed E-state index contributed by atoms with van der Waals surface area (Å²) in [4.78, 5) is 18.1. The van der Waals surface area contributed by atoms with Gasteiger partial charge in [0, 0.05) is 17.5 Å². The molecule has 3 heterocycles. The van der Waals surface area contributed by atoms with Crippen molar-refractivity contribution in [3.05, 3.63) is 106 Å². The van der Waals surface area contributed by atoms with Gasteiger partial charge in [-0.2, -0.15) is 5.10 Å². The van der Waals surface area contributed by atoms with Crippen molar-refractivity contribution >= 4 is 5.65 Å². The zero-order valence-corrected chi connectivity index (χ0v) is 19.8. The predicted octanol–water partition coefficient (Wildman–Crippen LogP) is 5.03. The fourth-order valence-corrected chi connectivity index (χ4v) is 4.04. The molecule has 0 aliphatic rings. The van der Waals surface area contributed by atoms with E-state index in [4.69, 9.17) is 9.47 Å². The van der Waals surface area contributed by atoms with Gasteiger partial charge in [-0.05, 0) is 74.5 Å². The maximum atomic E-state index is 14.0. The molecule has 0 atom stereocenters. The molecular formula is C27H22F2N4O3. The molecule has 182 valence electrons. The standard InChI is InChI=1S/C27H22F2N4O3/c1-16-13-23(31-33(16)20-7-9-21(35-3)10-8-20)25-17(2)30-26-24(5-4-12-32(26)27(25)34)36-15-18-14-19(28)6-11-22(18)29/h4-14H,15H2,1-3H3. The first-order chi connectivity index (χ1) is 17.4. The van der Waals surface area contributed by atoms with Gasteiger partial charge in [-0.3, -0.25) is 9.20 Å². The second kappa shape index (κ2) is 9.26. The smallest absolute Gasteiger partial charge is 0.267 e. The van der Waals surface area contributed by atoms with Crippen LogP contribution in [0.1, 0.15) is 17.0 Å². The van der Waals surface area contributed by atoms with E-state index in [2.05, 4.69) is 10.1 Å². The molecule has 0 saturated carbocycles. The number of aromatic nitrogens is 4. The van der Waals surface area contributed by atoms with Crippen molar-refractivity contribution in [3.63, 3.8) is 0 Å². The van der Waals surface area contributed by atoms with E-state index in [9.17, 15) is 13.6 Å². The Balaban J connectivity index is 1.53. The number of halogens is 2. The van der Waals surface area contributed by atoms with Crippen LogP contribution in [0.15, 0.2) is 71.7 Å². The maximum absolute atomic E-state index is 14.0. The summed E-state index contributed by atoms with van der Waals surface area (Å²) in [5.41, 5.74) is 2.99. The molecule has 0 fully saturated rings. The van der Waals surface area contributed by atoms with Crippen LogP contribution >= 0.6 is 0 Å². The van der Waals surface area contributed by atoms with Crippen molar-refractivity contribution in [2.24, 2.45) is 0 Å². The molecule has 0 saturated heterocycles. The first kappa shape index (κ1) is 23.2. The Morgan fingerprint density at radius 1 is 1.00 bits per heavy atom. The third-order valence-electron chi connectivity index (χ3n) is 5.85. The number of hydrogen-bond acceptors (Lipinski definition) is 5. The summed E-state index contributed by atoms with van der Waals surface area (Å²) < 4.78 is 41.6. The first-order valence-corrected chi connectivity index (χ1v) is 11.2. The van der Waals surface area contributed by atoms with Crippen LogP contribution in [0, 0.1) is 25.5 Å². The quantitative estimate of drug-likeness (QED) is 0.335. The fraction of sp³-hybridized carbons (Fsp3) is 0.148. The van der Waals surface area contributed by atoms with Gasteiger partial charge in [0.25, 0.3) is 5.56 Å². The van der Waals surface area contributed by atoms with Gasteiger partial charge in [0.05, 0.1) is 24.1 Å². The Hall–Kier alpha value is -4.53. The predicted molar refractivity (Wildman–Crippen MR) is 131 cm³/mol. The lowest BCUT2D eigenvalue weighted by atomic mass is 10.1. The van der Waals surface area contributed by atoms with Gasteiger partial charge in [-0.15, -0.1) is 0 Å². The lowest BCUT2D eigenvalue weighted by Gasteiger charge is -2.12. The van der Waals surface area contributed by atoms with E-state index in [1.165, 1.54) is 4.40 Å². The zero-order valence-electron chi connectivity index (χ0n) is 19.8. The molecule has 0 spiro atoms. The summed E-state index contributed by atoms with van der Waals surface area (Å²) in [5.74, 6) is -0.141. The highest BCUT2D eigenvalue weighted by atomic mass is 19.1. The number of fused-ring (bicyclic) bond motifs is 1. The Bertz CT molecular complexity index is 1640. The van der Waals surface area contributed by atoms with E-state index in [1.54, 1.807) is 37.0 Å². The van der Waals surface area contributed by atoms with E-state index in [-0.39, 0.29) is 29.1 Å². The van der Waals surface area contributed by atoms with Crippen LogP contribution in [-0.2, 0) is 6.61 Å². The Morgan fingerprint density at radius 2 is 1.78 bits per heavy atom. The highest BCUT2D eigenvalue weighted by Crippen LogP contribution is 2.25. The first-order valence-electron chi connectivity index (χ1n) is 11.2. The molecule has 3 aromatic heterocycles. The molecule has 2 aromatic carbocycles. The molecule has 9 heteroatoms. The zero-order chi connectivity index (χ0) is 25.4. The number of ether oxygens (including phenoxy) is 2. The Kier molecular flexibility index (Phi) is 5.97. The molecule has 0 aliphatic heterocycles. The highest BCUT2D eigenvalue weighted by molar-refractivity contribution is 5.65. The van der Waals surface area contributed by atoms with Gasteiger partial charge in [-0.25, -0.2) is 18.4 Å². The summed E-state index contributed by atoms with van der Waals surface area (Å²) in [6.45, 7) is 3.41. The van der Waals surface area contributed by atoms with Gasteiger partial charge < -0.3 is 9.47 Å². The molecular weight excluding hydrogens is 466 g/mol. The summed E-state index contributed by atoms with van der Waals surface area (Å²) in [5, 5.41) is 4.66. The number of benzene rings is 2. The fourth-order valence-electron chi connectivity index (χ4n) is 4.04. The molecule has 5 rings (SSSR count). The topological polar surface area (TPSA) is 70.7 Å². The van der Waals surface area contributed by atoms with Crippen LogP contribution in [0.25, 0.3) is 22.6 Å². The number of nitrogens with zero attached hydrogens (tertiary/aromatic N) is 4. The van der Waals surface area contributed by atoms with Gasteiger partial charge in [0.1, 0.15) is 29.7 Å². The van der Waals surface area contributed by atoms with Crippen molar-refractivity contribution in [2.45, 2.75) is 20.5 Å². The molecule has 0 radical (unpaired) electrons. The second-order valence-electron chi connectivity index (χ2n) is 8.25. The van der Waals surface area contributed by atoms with E-state index >= 15 is 0 Å². The van der Waals surface area contributed by atoms with E-state index in [0.29, 0.717) is 17.0 Å². The minimum absolute atomic E-state index is 0.0623.